The van der Waals surface area contributed by atoms with Crippen LogP contribution in [0.2, 0.25) is 0 Å². The topological polar surface area (TPSA) is 72.7 Å². The van der Waals surface area contributed by atoms with Gasteiger partial charge < -0.3 is 33.0 Å². The first kappa shape index (κ1) is 18.3. The molecule has 4 nitrogen and oxygen atoms in total. The van der Waals surface area contributed by atoms with Gasteiger partial charge in [0.2, 0.25) is 0 Å². The van der Waals surface area contributed by atoms with Crippen molar-refractivity contribution < 1.29 is 29.2 Å². The quantitative estimate of drug-likeness (QED) is 0.577. The molecule has 2 aromatic carbocycles. The smallest absolute Gasteiger partial charge is 1.00 e. The second-order valence-corrected chi connectivity index (χ2v) is 5.20. The Kier molecular flexibility index (Phi) is 7.18. The largest absolute Gasteiger partial charge is 1.00 e. The molecular formula is C17H22ClNO3. The number of phenols is 2. The summed E-state index contributed by atoms with van der Waals surface area (Å²) < 4.78 is 0. The highest BCUT2D eigenvalue weighted by Crippen LogP contribution is 2.19. The minimum atomic E-state index is -0.620. The Balaban J connectivity index is 0.00000242. The van der Waals surface area contributed by atoms with E-state index in [1.165, 1.54) is 0 Å². The van der Waals surface area contributed by atoms with Crippen LogP contribution in [-0.2, 0) is 6.42 Å². The number of hydrogen-bond acceptors (Lipinski definition) is 4. The van der Waals surface area contributed by atoms with Crippen molar-refractivity contribution in [1.29, 1.82) is 0 Å². The highest BCUT2D eigenvalue weighted by atomic mass is 35.5. The molecule has 0 unspecified atom stereocenters. The summed E-state index contributed by atoms with van der Waals surface area (Å²) in [5.41, 5.74) is 1.91. The molecule has 0 saturated carbocycles. The van der Waals surface area contributed by atoms with E-state index in [0.717, 1.165) is 24.1 Å². The van der Waals surface area contributed by atoms with Gasteiger partial charge in [-0.2, -0.15) is 0 Å². The molecule has 0 radical (unpaired) electrons. The summed E-state index contributed by atoms with van der Waals surface area (Å²) in [6.07, 6.45) is 0.206. The number of hydrogen-bond donors (Lipinski definition) is 4. The van der Waals surface area contributed by atoms with Crippen LogP contribution in [0.5, 0.6) is 11.5 Å². The first-order valence-electron chi connectivity index (χ1n) is 7.04. The molecule has 0 heterocycles. The number of phenolic OH excluding ortho intramolecular Hbond substituents is 2. The van der Waals surface area contributed by atoms with Crippen molar-refractivity contribution in [3.63, 3.8) is 0 Å². The van der Waals surface area contributed by atoms with E-state index in [-0.39, 0.29) is 31.4 Å². The van der Waals surface area contributed by atoms with Gasteiger partial charge in [-0.3, -0.25) is 0 Å². The number of aliphatic hydroxyl groups is 1. The number of aromatic hydroxyl groups is 2. The van der Waals surface area contributed by atoms with Crippen LogP contribution >= 0.6 is 0 Å². The fourth-order valence-electron chi connectivity index (χ4n) is 2.18. The molecule has 120 valence electrons. The average Bonchev–Trinajstić information content (AvgIpc) is 2.49. The van der Waals surface area contributed by atoms with Crippen LogP contribution in [0, 0.1) is 0 Å². The number of halogens is 1. The Hall–Kier alpha value is -1.75. The maximum atomic E-state index is 10.2. The van der Waals surface area contributed by atoms with Gasteiger partial charge in [0.05, 0.1) is 6.10 Å². The summed E-state index contributed by atoms with van der Waals surface area (Å²) in [5, 5.41) is 32.0. The normalized spacial score (nSPS) is 13.2. The van der Waals surface area contributed by atoms with Gasteiger partial charge in [0, 0.05) is 6.04 Å². The summed E-state index contributed by atoms with van der Waals surface area (Å²) in [5.74, 6) is 0.460. The fraction of sp³-hybridized carbons (Fsp3) is 0.294. The van der Waals surface area contributed by atoms with Gasteiger partial charge in [-0.1, -0.05) is 24.3 Å². The maximum Gasteiger partial charge on any atom is 1.00 e. The molecule has 0 saturated heterocycles. The molecule has 0 amide bonds. The van der Waals surface area contributed by atoms with Crippen LogP contribution in [0.3, 0.4) is 0 Å². The van der Waals surface area contributed by atoms with Crippen molar-refractivity contribution in [2.75, 3.05) is 6.54 Å². The van der Waals surface area contributed by atoms with Crippen molar-refractivity contribution in [3.05, 3.63) is 59.7 Å². The molecule has 2 aromatic rings. The minimum absolute atomic E-state index is 0. The molecule has 0 aromatic heterocycles. The molecule has 0 spiro atoms. The second kappa shape index (κ2) is 8.63. The third-order valence-electron chi connectivity index (χ3n) is 3.52. The summed E-state index contributed by atoms with van der Waals surface area (Å²) >= 11 is 0. The van der Waals surface area contributed by atoms with Crippen molar-refractivity contribution in [3.8, 4) is 11.5 Å². The zero-order chi connectivity index (χ0) is 15.2. The first-order chi connectivity index (χ1) is 10.1. The average molecular weight is 324 g/mol. The monoisotopic (exact) mass is 323 g/mol. The van der Waals surface area contributed by atoms with Crippen LogP contribution in [0.1, 0.15) is 25.6 Å². The summed E-state index contributed by atoms with van der Waals surface area (Å²) in [7, 11) is 0. The Bertz CT molecular complexity index is 563. The highest BCUT2D eigenvalue weighted by Gasteiger charge is 2.15. The SMILES string of the molecule is C[C@H](NCCc1ccc(O)cc1)[C@H](O)c1ccc(O)cc1.[Cl-].[H+]. The first-order valence-corrected chi connectivity index (χ1v) is 7.04. The predicted octanol–water partition coefficient (Wildman–Crippen LogP) is -0.532. The van der Waals surface area contributed by atoms with E-state index in [0.29, 0.717) is 0 Å². The van der Waals surface area contributed by atoms with Crippen molar-refractivity contribution in [2.24, 2.45) is 0 Å². The van der Waals surface area contributed by atoms with E-state index >= 15 is 0 Å². The molecule has 2 atom stereocenters. The lowest BCUT2D eigenvalue weighted by molar-refractivity contribution is -0.00000787. The van der Waals surface area contributed by atoms with Gasteiger partial charge in [0.15, 0.2) is 0 Å². The minimum Gasteiger partial charge on any atom is -1.00 e. The van der Waals surface area contributed by atoms with E-state index < -0.39 is 6.10 Å². The number of nitrogens with one attached hydrogen (secondary N) is 1. The zero-order valence-electron chi connectivity index (χ0n) is 13.4. The molecule has 0 bridgehead atoms. The van der Waals surface area contributed by atoms with E-state index in [4.69, 9.17) is 0 Å². The maximum absolute atomic E-state index is 10.2. The lowest BCUT2D eigenvalue weighted by Crippen LogP contribution is -3.00. The van der Waals surface area contributed by atoms with Gasteiger partial charge in [-0.05, 0) is 55.3 Å². The molecule has 0 aliphatic carbocycles. The van der Waals surface area contributed by atoms with E-state index in [2.05, 4.69) is 5.32 Å². The van der Waals surface area contributed by atoms with E-state index in [9.17, 15) is 15.3 Å². The summed E-state index contributed by atoms with van der Waals surface area (Å²) in [4.78, 5) is 0. The Morgan fingerprint density at radius 1 is 0.955 bits per heavy atom. The lowest BCUT2D eigenvalue weighted by Gasteiger charge is -2.20. The van der Waals surface area contributed by atoms with Crippen molar-refractivity contribution in [1.82, 2.24) is 5.32 Å². The van der Waals surface area contributed by atoms with Crippen LogP contribution < -0.4 is 17.7 Å². The molecule has 22 heavy (non-hydrogen) atoms. The number of benzene rings is 2. The third-order valence-corrected chi connectivity index (χ3v) is 3.52. The summed E-state index contributed by atoms with van der Waals surface area (Å²) in [6, 6.07) is 13.6. The van der Waals surface area contributed by atoms with Gasteiger partial charge in [0.1, 0.15) is 11.5 Å². The molecule has 0 aliphatic heterocycles. The van der Waals surface area contributed by atoms with Crippen molar-refractivity contribution >= 4 is 0 Å². The molecule has 2 rings (SSSR count). The second-order valence-electron chi connectivity index (χ2n) is 5.20. The van der Waals surface area contributed by atoms with Gasteiger partial charge in [-0.15, -0.1) is 0 Å². The number of rotatable bonds is 6. The molecule has 0 fully saturated rings. The van der Waals surface area contributed by atoms with E-state index in [1.807, 2.05) is 19.1 Å². The zero-order valence-corrected chi connectivity index (χ0v) is 13.2. The Labute approximate surface area is 138 Å². The van der Waals surface area contributed by atoms with Crippen LogP contribution in [0.25, 0.3) is 0 Å². The Morgan fingerprint density at radius 2 is 1.45 bits per heavy atom. The van der Waals surface area contributed by atoms with Gasteiger partial charge in [-0.25, -0.2) is 0 Å². The van der Waals surface area contributed by atoms with Crippen LogP contribution in [0.15, 0.2) is 48.5 Å². The molecule has 0 aliphatic rings. The van der Waals surface area contributed by atoms with Crippen LogP contribution in [-0.4, -0.2) is 27.9 Å². The third kappa shape index (κ3) is 5.22. The summed E-state index contributed by atoms with van der Waals surface area (Å²) in [6.45, 7) is 2.66. The van der Waals surface area contributed by atoms with Gasteiger partial charge in [0.25, 0.3) is 0 Å². The van der Waals surface area contributed by atoms with Crippen LogP contribution in [0.4, 0.5) is 0 Å². The number of aliphatic hydroxyl groups excluding tert-OH is 1. The standard InChI is InChI=1S/C17H21NO3.ClH/c1-12(17(21)14-4-8-16(20)9-5-14)18-11-10-13-2-6-15(19)7-3-13;/h2-9,12,17-21H,10-11H2,1H3;1H/t12-,17-;/m0./s1. The fourth-order valence-corrected chi connectivity index (χ4v) is 2.18. The van der Waals surface area contributed by atoms with Crippen molar-refractivity contribution in [2.45, 2.75) is 25.5 Å². The Morgan fingerprint density at radius 3 is 2.00 bits per heavy atom. The predicted molar refractivity (Wildman–Crippen MR) is 83.5 cm³/mol. The lowest BCUT2D eigenvalue weighted by atomic mass is 10.0. The molecular weight excluding hydrogens is 302 g/mol. The highest BCUT2D eigenvalue weighted by molar-refractivity contribution is 5.28. The molecule has 4 N–H and O–H groups in total. The van der Waals surface area contributed by atoms with E-state index in [1.54, 1.807) is 36.4 Å². The molecule has 5 heteroatoms. The van der Waals surface area contributed by atoms with Gasteiger partial charge >= 0.3 is 1.43 Å².